The predicted octanol–water partition coefficient (Wildman–Crippen LogP) is 4.85. The first-order valence-corrected chi connectivity index (χ1v) is 7.18. The first-order chi connectivity index (χ1) is 10.1. The van der Waals surface area contributed by atoms with E-state index in [4.69, 9.17) is 11.6 Å². The Morgan fingerprint density at radius 3 is 2.57 bits per heavy atom. The summed E-state index contributed by atoms with van der Waals surface area (Å²) in [6.45, 7) is 2.96. The van der Waals surface area contributed by atoms with Gasteiger partial charge in [0.25, 0.3) is 5.69 Å². The van der Waals surface area contributed by atoms with Crippen LogP contribution in [0, 0.1) is 10.1 Å². The zero-order valence-corrected chi connectivity index (χ0v) is 12.5. The molecular formula is C16H17ClN2O2. The van der Waals surface area contributed by atoms with Crippen molar-refractivity contribution in [3.63, 3.8) is 0 Å². The zero-order chi connectivity index (χ0) is 15.2. The minimum absolute atomic E-state index is 0.0696. The molecule has 0 aliphatic rings. The van der Waals surface area contributed by atoms with Gasteiger partial charge in [-0.05, 0) is 30.0 Å². The van der Waals surface area contributed by atoms with Crippen molar-refractivity contribution in [2.75, 3.05) is 11.9 Å². The number of halogens is 1. The van der Waals surface area contributed by atoms with Crippen LogP contribution in [-0.4, -0.2) is 11.5 Å². The number of nitrogens with zero attached hydrogens (tertiary/aromatic N) is 1. The van der Waals surface area contributed by atoms with Gasteiger partial charge in [-0.3, -0.25) is 10.1 Å². The second-order valence-corrected chi connectivity index (χ2v) is 5.36. The van der Waals surface area contributed by atoms with E-state index in [0.29, 0.717) is 5.92 Å². The van der Waals surface area contributed by atoms with Crippen molar-refractivity contribution in [3.05, 3.63) is 69.2 Å². The topological polar surface area (TPSA) is 55.2 Å². The number of hydrogen-bond donors (Lipinski definition) is 1. The van der Waals surface area contributed by atoms with Gasteiger partial charge in [0.1, 0.15) is 5.02 Å². The number of rotatable bonds is 6. The molecule has 110 valence electrons. The molecule has 1 unspecified atom stereocenters. The van der Waals surface area contributed by atoms with Crippen molar-refractivity contribution in [1.82, 2.24) is 0 Å². The summed E-state index contributed by atoms with van der Waals surface area (Å²) in [6, 6.07) is 15.0. The molecule has 2 aromatic rings. The van der Waals surface area contributed by atoms with Crippen LogP contribution in [0.3, 0.4) is 0 Å². The van der Waals surface area contributed by atoms with Gasteiger partial charge in [-0.25, -0.2) is 0 Å². The van der Waals surface area contributed by atoms with Crippen LogP contribution in [0.5, 0.6) is 0 Å². The molecule has 0 radical (unpaired) electrons. The van der Waals surface area contributed by atoms with E-state index in [-0.39, 0.29) is 10.7 Å². The number of benzene rings is 2. The molecule has 2 aromatic carbocycles. The molecule has 0 saturated heterocycles. The average Bonchev–Trinajstić information content (AvgIpc) is 2.47. The van der Waals surface area contributed by atoms with E-state index in [9.17, 15) is 10.1 Å². The van der Waals surface area contributed by atoms with E-state index >= 15 is 0 Å². The van der Waals surface area contributed by atoms with Crippen LogP contribution in [-0.2, 0) is 0 Å². The summed E-state index contributed by atoms with van der Waals surface area (Å²) < 4.78 is 0. The van der Waals surface area contributed by atoms with Gasteiger partial charge in [-0.2, -0.15) is 0 Å². The lowest BCUT2D eigenvalue weighted by Crippen LogP contribution is -2.06. The molecule has 0 spiro atoms. The normalized spacial score (nSPS) is 11.9. The quantitative estimate of drug-likeness (QED) is 0.613. The molecule has 0 heterocycles. The lowest BCUT2D eigenvalue weighted by atomic mass is 9.98. The van der Waals surface area contributed by atoms with Gasteiger partial charge < -0.3 is 5.32 Å². The molecule has 0 aliphatic carbocycles. The Morgan fingerprint density at radius 2 is 1.95 bits per heavy atom. The van der Waals surface area contributed by atoms with Crippen molar-refractivity contribution < 1.29 is 4.92 Å². The van der Waals surface area contributed by atoms with Gasteiger partial charge in [0.2, 0.25) is 0 Å². The fourth-order valence-electron chi connectivity index (χ4n) is 2.15. The highest BCUT2D eigenvalue weighted by atomic mass is 35.5. The highest BCUT2D eigenvalue weighted by Crippen LogP contribution is 2.27. The number of nitrogens with one attached hydrogen (secondary N) is 1. The van der Waals surface area contributed by atoms with Gasteiger partial charge in [-0.15, -0.1) is 0 Å². The van der Waals surface area contributed by atoms with E-state index in [1.165, 1.54) is 11.6 Å². The maximum atomic E-state index is 10.7. The smallest absolute Gasteiger partial charge is 0.288 e. The van der Waals surface area contributed by atoms with Gasteiger partial charge in [-0.1, -0.05) is 48.9 Å². The Hall–Kier alpha value is -2.07. The van der Waals surface area contributed by atoms with E-state index in [2.05, 4.69) is 24.4 Å². The van der Waals surface area contributed by atoms with Gasteiger partial charge in [0.05, 0.1) is 4.92 Å². The monoisotopic (exact) mass is 304 g/mol. The van der Waals surface area contributed by atoms with Crippen LogP contribution >= 0.6 is 11.6 Å². The first-order valence-electron chi connectivity index (χ1n) is 6.80. The third-order valence-electron chi connectivity index (χ3n) is 3.42. The largest absolute Gasteiger partial charge is 0.385 e. The summed E-state index contributed by atoms with van der Waals surface area (Å²) in [4.78, 5) is 10.2. The van der Waals surface area contributed by atoms with E-state index in [1.807, 2.05) is 18.2 Å². The second-order valence-electron chi connectivity index (χ2n) is 4.95. The Morgan fingerprint density at radius 1 is 1.24 bits per heavy atom. The molecule has 0 bridgehead atoms. The van der Waals surface area contributed by atoms with Crippen LogP contribution in [0.25, 0.3) is 0 Å². The van der Waals surface area contributed by atoms with Crippen LogP contribution in [0.15, 0.2) is 48.5 Å². The Labute approximate surface area is 128 Å². The van der Waals surface area contributed by atoms with Gasteiger partial charge in [0, 0.05) is 18.3 Å². The minimum Gasteiger partial charge on any atom is -0.385 e. The predicted molar refractivity (Wildman–Crippen MR) is 86.1 cm³/mol. The fourth-order valence-corrected chi connectivity index (χ4v) is 2.40. The Bertz CT molecular complexity index is 617. The van der Waals surface area contributed by atoms with E-state index in [0.717, 1.165) is 18.7 Å². The number of nitro groups is 1. The molecule has 0 fully saturated rings. The third-order valence-corrected chi connectivity index (χ3v) is 3.72. The first kappa shape index (κ1) is 15.3. The zero-order valence-electron chi connectivity index (χ0n) is 11.8. The van der Waals surface area contributed by atoms with Crippen molar-refractivity contribution >= 4 is 23.0 Å². The number of anilines is 1. The summed E-state index contributed by atoms with van der Waals surface area (Å²) in [5, 5.41) is 14.1. The molecule has 0 amide bonds. The maximum Gasteiger partial charge on any atom is 0.288 e. The van der Waals surface area contributed by atoms with Gasteiger partial charge in [0.15, 0.2) is 0 Å². The summed E-state index contributed by atoms with van der Waals surface area (Å²) in [7, 11) is 0. The van der Waals surface area contributed by atoms with Crippen molar-refractivity contribution in [1.29, 1.82) is 0 Å². The maximum absolute atomic E-state index is 10.7. The second kappa shape index (κ2) is 7.09. The average molecular weight is 305 g/mol. The van der Waals surface area contributed by atoms with E-state index < -0.39 is 4.92 Å². The Balaban J connectivity index is 1.89. The van der Waals surface area contributed by atoms with Gasteiger partial charge >= 0.3 is 0 Å². The van der Waals surface area contributed by atoms with Crippen LogP contribution in [0.1, 0.15) is 24.8 Å². The molecule has 4 nitrogen and oxygen atoms in total. The SMILES string of the molecule is CC(CCNc1ccc([N+](=O)[O-])c(Cl)c1)c1ccccc1. The highest BCUT2D eigenvalue weighted by Gasteiger charge is 2.12. The van der Waals surface area contributed by atoms with Crippen molar-refractivity contribution in [2.45, 2.75) is 19.3 Å². The van der Waals surface area contributed by atoms with Crippen molar-refractivity contribution in [2.24, 2.45) is 0 Å². The van der Waals surface area contributed by atoms with Crippen molar-refractivity contribution in [3.8, 4) is 0 Å². The molecule has 0 aromatic heterocycles. The molecule has 0 saturated carbocycles. The summed E-state index contributed by atoms with van der Waals surface area (Å²) in [5.41, 5.74) is 2.03. The van der Waals surface area contributed by atoms with Crippen LogP contribution < -0.4 is 5.32 Å². The Kier molecular flexibility index (Phi) is 5.17. The molecule has 5 heteroatoms. The lowest BCUT2D eigenvalue weighted by Gasteiger charge is -2.13. The molecule has 1 N–H and O–H groups in total. The summed E-state index contributed by atoms with van der Waals surface area (Å²) in [5.74, 6) is 0.451. The molecule has 0 aliphatic heterocycles. The number of nitro benzene ring substituents is 1. The van der Waals surface area contributed by atoms with Crippen LogP contribution in [0.2, 0.25) is 5.02 Å². The summed E-state index contributed by atoms with van der Waals surface area (Å²) >= 11 is 5.88. The van der Waals surface area contributed by atoms with E-state index in [1.54, 1.807) is 12.1 Å². The number of hydrogen-bond acceptors (Lipinski definition) is 3. The highest BCUT2D eigenvalue weighted by molar-refractivity contribution is 6.32. The fraction of sp³-hybridized carbons (Fsp3) is 0.250. The molecule has 21 heavy (non-hydrogen) atoms. The molecule has 1 atom stereocenters. The standard InChI is InChI=1S/C16H17ClN2O2/c1-12(13-5-3-2-4-6-13)9-10-18-14-7-8-16(19(20)21)15(17)11-14/h2-8,11-12,18H,9-10H2,1H3. The summed E-state index contributed by atoms with van der Waals surface area (Å²) in [6.07, 6.45) is 0.971. The third kappa shape index (κ3) is 4.20. The minimum atomic E-state index is -0.483. The molecule has 2 rings (SSSR count). The lowest BCUT2D eigenvalue weighted by molar-refractivity contribution is -0.384. The van der Waals surface area contributed by atoms with Crippen LogP contribution in [0.4, 0.5) is 11.4 Å². The molecular weight excluding hydrogens is 288 g/mol.